The maximum Gasteiger partial charge on any atom is 0.437 e. The number of amides is 2. The number of carbonyl (C=O) groups excluding carboxylic acids is 2. The maximum absolute atomic E-state index is 13.3. The van der Waals surface area contributed by atoms with E-state index in [1.807, 2.05) is 13.0 Å². The van der Waals surface area contributed by atoms with Gasteiger partial charge in [-0.2, -0.15) is 0 Å². The zero-order valence-electron chi connectivity index (χ0n) is 17.8. The van der Waals surface area contributed by atoms with Crippen LogP contribution in [0.5, 0.6) is 0 Å². The minimum atomic E-state index is -0.883. The fourth-order valence-corrected chi connectivity index (χ4v) is 4.10. The lowest BCUT2D eigenvalue weighted by molar-refractivity contribution is -0.133. The molecule has 0 radical (unpaired) electrons. The summed E-state index contributed by atoms with van der Waals surface area (Å²) in [6.07, 6.45) is 0.700. The Hall–Kier alpha value is -2.32. The van der Waals surface area contributed by atoms with Crippen LogP contribution in [-0.4, -0.2) is 47.7 Å². The highest BCUT2D eigenvalue weighted by Crippen LogP contribution is 2.37. The van der Waals surface area contributed by atoms with Gasteiger partial charge in [0, 0.05) is 19.3 Å². The molecule has 0 saturated carbocycles. The number of rotatable bonds is 2. The molecule has 2 aliphatic heterocycles. The third kappa shape index (κ3) is 4.87. The molecule has 2 fully saturated rings. The van der Waals surface area contributed by atoms with Gasteiger partial charge in [0.15, 0.2) is 0 Å². The fourth-order valence-electron chi connectivity index (χ4n) is 3.77. The van der Waals surface area contributed by atoms with Crippen molar-refractivity contribution in [3.63, 3.8) is 0 Å². The van der Waals surface area contributed by atoms with Gasteiger partial charge in [0.25, 0.3) is 0 Å². The third-order valence-electron chi connectivity index (χ3n) is 5.16. The van der Waals surface area contributed by atoms with Crippen LogP contribution in [0, 0.1) is 0 Å². The van der Waals surface area contributed by atoms with Crippen LogP contribution in [-0.2, 0) is 19.8 Å². The van der Waals surface area contributed by atoms with E-state index in [0.717, 1.165) is 0 Å². The van der Waals surface area contributed by atoms with Gasteiger partial charge in [0.2, 0.25) is 11.9 Å². The summed E-state index contributed by atoms with van der Waals surface area (Å²) in [4.78, 5) is 31.5. The smallest absolute Gasteiger partial charge is 0.437 e. The van der Waals surface area contributed by atoms with E-state index >= 15 is 0 Å². The first-order valence-electron chi connectivity index (χ1n) is 10.0. The van der Waals surface area contributed by atoms with Crippen molar-refractivity contribution in [1.82, 2.24) is 10.2 Å². The number of ether oxygens (including phenoxy) is 2. The number of benzene rings is 1. The first-order chi connectivity index (χ1) is 14.0. The van der Waals surface area contributed by atoms with Crippen molar-refractivity contribution in [2.45, 2.75) is 64.1 Å². The fraction of sp³-hybridized carbons (Fsp3) is 0.571. The number of carbonyl (C=O) groups is 2. The predicted molar refractivity (Wildman–Crippen MR) is 115 cm³/mol. The first kappa shape index (κ1) is 22.4. The molecule has 0 aliphatic carbocycles. The highest BCUT2D eigenvalue weighted by molar-refractivity contribution is 6.34. The van der Waals surface area contributed by atoms with E-state index in [-0.39, 0.29) is 24.3 Å². The van der Waals surface area contributed by atoms with Gasteiger partial charge in [0.05, 0.1) is 22.7 Å². The van der Waals surface area contributed by atoms with Crippen molar-refractivity contribution in [2.75, 3.05) is 18.9 Å². The topological polar surface area (TPSA) is 106 Å². The lowest BCUT2D eigenvalue weighted by atomic mass is 9.85. The molecule has 164 valence electrons. The molecule has 9 heteroatoms. The van der Waals surface area contributed by atoms with E-state index in [9.17, 15) is 9.59 Å². The highest BCUT2D eigenvalue weighted by Gasteiger charge is 2.44. The number of aliphatic imine (C=N–C) groups is 1. The van der Waals surface area contributed by atoms with E-state index in [0.29, 0.717) is 42.3 Å². The molecule has 2 aliphatic rings. The summed E-state index contributed by atoms with van der Waals surface area (Å²) in [5.41, 5.74) is 5.48. The Bertz CT molecular complexity index is 861. The molecule has 2 amide bonds. The quantitative estimate of drug-likeness (QED) is 0.688. The van der Waals surface area contributed by atoms with Crippen LogP contribution in [0.3, 0.4) is 0 Å². The zero-order valence-corrected chi connectivity index (χ0v) is 18.6. The zero-order chi connectivity index (χ0) is 22.1. The second-order valence-electron chi connectivity index (χ2n) is 8.87. The molecule has 2 heterocycles. The van der Waals surface area contributed by atoms with Crippen LogP contribution >= 0.6 is 11.6 Å². The van der Waals surface area contributed by atoms with Gasteiger partial charge >= 0.3 is 6.09 Å². The van der Waals surface area contributed by atoms with Gasteiger partial charge in [-0.1, -0.05) is 23.7 Å². The van der Waals surface area contributed by atoms with Gasteiger partial charge in [-0.05, 0) is 52.2 Å². The lowest BCUT2D eigenvalue weighted by Gasteiger charge is -2.45. The summed E-state index contributed by atoms with van der Waals surface area (Å²) in [6, 6.07) is 5.18. The Morgan fingerprint density at radius 2 is 2.03 bits per heavy atom. The number of hydrogen-bond acceptors (Lipinski definition) is 5. The number of nitrogens with one attached hydrogen (secondary N) is 1. The molecular weight excluding hydrogens is 408 g/mol. The van der Waals surface area contributed by atoms with Crippen molar-refractivity contribution < 1.29 is 19.1 Å². The van der Waals surface area contributed by atoms with Crippen molar-refractivity contribution >= 4 is 35.2 Å². The van der Waals surface area contributed by atoms with Gasteiger partial charge in [-0.3, -0.25) is 9.69 Å². The van der Waals surface area contributed by atoms with Crippen molar-refractivity contribution in [3.8, 4) is 0 Å². The van der Waals surface area contributed by atoms with Crippen LogP contribution < -0.4 is 11.1 Å². The SMILES string of the molecule is CC(C)(C)OC(=O)N=C1N[C@](C)(c2cccc(N)c2Cl)CC(=O)N1C1CCOCC1. The summed E-state index contributed by atoms with van der Waals surface area (Å²) in [5.74, 6) is 0.0114. The molecule has 1 aromatic rings. The molecule has 3 rings (SSSR count). The Kier molecular flexibility index (Phi) is 6.29. The van der Waals surface area contributed by atoms with E-state index in [4.69, 9.17) is 26.8 Å². The van der Waals surface area contributed by atoms with Gasteiger partial charge in [-0.25, -0.2) is 4.79 Å². The lowest BCUT2D eigenvalue weighted by Crippen LogP contribution is -2.63. The average molecular weight is 437 g/mol. The minimum absolute atomic E-state index is 0.110. The molecule has 1 atom stereocenters. The predicted octanol–water partition coefficient (Wildman–Crippen LogP) is 3.43. The molecule has 1 aromatic carbocycles. The molecule has 0 unspecified atom stereocenters. The molecule has 3 N–H and O–H groups in total. The minimum Gasteiger partial charge on any atom is -0.442 e. The summed E-state index contributed by atoms with van der Waals surface area (Å²) < 4.78 is 10.8. The van der Waals surface area contributed by atoms with E-state index in [1.54, 1.807) is 37.8 Å². The molecule has 0 aromatic heterocycles. The largest absolute Gasteiger partial charge is 0.442 e. The number of anilines is 1. The summed E-state index contributed by atoms with van der Waals surface area (Å²) in [6.45, 7) is 8.22. The Labute approximate surface area is 181 Å². The van der Waals surface area contributed by atoms with E-state index in [2.05, 4.69) is 10.3 Å². The number of nitrogens with zero attached hydrogens (tertiary/aromatic N) is 2. The molecule has 0 spiro atoms. The van der Waals surface area contributed by atoms with E-state index in [1.165, 1.54) is 0 Å². The first-order valence-corrected chi connectivity index (χ1v) is 10.4. The number of halogens is 1. The summed E-state index contributed by atoms with van der Waals surface area (Å²) >= 11 is 6.45. The monoisotopic (exact) mass is 436 g/mol. The molecule has 8 nitrogen and oxygen atoms in total. The van der Waals surface area contributed by atoms with E-state index < -0.39 is 17.2 Å². The van der Waals surface area contributed by atoms with Crippen LogP contribution in [0.4, 0.5) is 10.5 Å². The Morgan fingerprint density at radius 3 is 2.67 bits per heavy atom. The second-order valence-corrected chi connectivity index (χ2v) is 9.24. The van der Waals surface area contributed by atoms with Gasteiger partial charge < -0.3 is 20.5 Å². The van der Waals surface area contributed by atoms with Crippen LogP contribution in [0.25, 0.3) is 0 Å². The highest BCUT2D eigenvalue weighted by atomic mass is 35.5. The Balaban J connectivity index is 2.00. The van der Waals surface area contributed by atoms with Crippen LogP contribution in [0.2, 0.25) is 5.02 Å². The van der Waals surface area contributed by atoms with Crippen molar-refractivity contribution in [1.29, 1.82) is 0 Å². The number of guanidine groups is 1. The summed E-state index contributed by atoms with van der Waals surface area (Å²) in [5, 5.41) is 3.65. The Morgan fingerprint density at radius 1 is 1.37 bits per heavy atom. The average Bonchev–Trinajstić information content (AvgIpc) is 2.62. The van der Waals surface area contributed by atoms with Crippen molar-refractivity contribution in [2.24, 2.45) is 4.99 Å². The number of hydrogen-bond donors (Lipinski definition) is 2. The third-order valence-corrected chi connectivity index (χ3v) is 5.58. The van der Waals surface area contributed by atoms with Crippen LogP contribution in [0.1, 0.15) is 52.5 Å². The standard InChI is InChI=1S/C21H29ClN4O4/c1-20(2,3)30-19(28)24-18-25-21(4,14-6-5-7-15(23)17(14)22)12-16(27)26(18)13-8-10-29-11-9-13/h5-7,13H,8-12,23H2,1-4H3,(H,24,25,28)/t21-/m0/s1. The normalized spacial score (nSPS) is 24.6. The van der Waals surface area contributed by atoms with Crippen molar-refractivity contribution in [3.05, 3.63) is 28.8 Å². The maximum atomic E-state index is 13.3. The second kappa shape index (κ2) is 8.43. The molecular formula is C21H29ClN4O4. The molecule has 2 saturated heterocycles. The number of nitrogens with two attached hydrogens (primary N) is 1. The molecule has 30 heavy (non-hydrogen) atoms. The number of nitrogen functional groups attached to an aromatic ring is 1. The molecule has 0 bridgehead atoms. The summed E-state index contributed by atoms with van der Waals surface area (Å²) in [7, 11) is 0. The van der Waals surface area contributed by atoms with Gasteiger partial charge in [-0.15, -0.1) is 4.99 Å². The van der Waals surface area contributed by atoms with Gasteiger partial charge in [0.1, 0.15) is 5.60 Å². The van der Waals surface area contributed by atoms with Crippen LogP contribution in [0.15, 0.2) is 23.2 Å².